The van der Waals surface area contributed by atoms with Crippen molar-refractivity contribution in [2.75, 3.05) is 40.4 Å². The highest BCUT2D eigenvalue weighted by molar-refractivity contribution is 4.55. The second-order valence-corrected chi connectivity index (χ2v) is 3.56. The zero-order chi connectivity index (χ0) is 9.94. The molecule has 0 aliphatic rings. The average molecular weight is 188 g/mol. The molecule has 13 heavy (non-hydrogen) atoms. The average Bonchev–Trinajstić information content (AvgIpc) is 2.11. The van der Waals surface area contributed by atoms with Gasteiger partial charge in [0.05, 0.1) is 0 Å². The molecule has 3 heteroatoms. The maximum Gasteiger partial charge on any atom is 0.0488 e. The first-order chi connectivity index (χ1) is 6.31. The van der Waals surface area contributed by atoms with Crippen LogP contribution in [0.4, 0.5) is 0 Å². The van der Waals surface area contributed by atoms with E-state index in [4.69, 9.17) is 4.74 Å². The fraction of sp³-hybridized carbons (Fsp3) is 1.00. The summed E-state index contributed by atoms with van der Waals surface area (Å²) in [6.07, 6.45) is 2.41. The molecule has 2 N–H and O–H groups in total. The molecule has 0 spiro atoms. The van der Waals surface area contributed by atoms with Crippen molar-refractivity contribution in [3.8, 4) is 0 Å². The van der Waals surface area contributed by atoms with Crippen LogP contribution in [-0.4, -0.2) is 40.4 Å². The standard InChI is InChI=1S/C10H24N2O/c1-10(9-13-3)5-8-12-7-4-6-11-2/h10-12H,4-9H2,1-3H3. The third kappa shape index (κ3) is 9.80. The van der Waals surface area contributed by atoms with Crippen molar-refractivity contribution in [3.63, 3.8) is 0 Å². The van der Waals surface area contributed by atoms with Crippen LogP contribution in [0.5, 0.6) is 0 Å². The molecular formula is C10H24N2O. The van der Waals surface area contributed by atoms with Crippen molar-refractivity contribution in [3.05, 3.63) is 0 Å². The molecule has 0 saturated carbocycles. The van der Waals surface area contributed by atoms with Crippen LogP contribution < -0.4 is 10.6 Å². The highest BCUT2D eigenvalue weighted by atomic mass is 16.5. The van der Waals surface area contributed by atoms with Gasteiger partial charge in [-0.2, -0.15) is 0 Å². The van der Waals surface area contributed by atoms with E-state index in [-0.39, 0.29) is 0 Å². The third-order valence-corrected chi connectivity index (χ3v) is 2.05. The molecule has 0 aliphatic heterocycles. The van der Waals surface area contributed by atoms with Gasteiger partial charge in [0.1, 0.15) is 0 Å². The van der Waals surface area contributed by atoms with E-state index in [1.54, 1.807) is 7.11 Å². The minimum atomic E-state index is 0.668. The van der Waals surface area contributed by atoms with Gasteiger partial charge in [0.2, 0.25) is 0 Å². The lowest BCUT2D eigenvalue weighted by atomic mass is 10.1. The quantitative estimate of drug-likeness (QED) is 0.527. The van der Waals surface area contributed by atoms with Crippen molar-refractivity contribution in [1.82, 2.24) is 10.6 Å². The van der Waals surface area contributed by atoms with E-state index in [0.717, 1.165) is 26.2 Å². The van der Waals surface area contributed by atoms with E-state index in [1.165, 1.54) is 12.8 Å². The predicted molar refractivity (Wildman–Crippen MR) is 57.1 cm³/mol. The maximum atomic E-state index is 5.06. The molecule has 0 rings (SSSR count). The number of hydrogen-bond acceptors (Lipinski definition) is 3. The molecule has 3 nitrogen and oxygen atoms in total. The summed E-state index contributed by atoms with van der Waals surface area (Å²) < 4.78 is 5.06. The minimum Gasteiger partial charge on any atom is -0.384 e. The van der Waals surface area contributed by atoms with E-state index < -0.39 is 0 Å². The molecule has 80 valence electrons. The maximum absolute atomic E-state index is 5.06. The van der Waals surface area contributed by atoms with Crippen LogP contribution in [0, 0.1) is 5.92 Å². The molecule has 0 heterocycles. The largest absolute Gasteiger partial charge is 0.384 e. The van der Waals surface area contributed by atoms with Gasteiger partial charge in [-0.05, 0) is 45.4 Å². The SMILES string of the molecule is CNCCCNCCC(C)COC. The zero-order valence-corrected chi connectivity index (χ0v) is 9.23. The second-order valence-electron chi connectivity index (χ2n) is 3.56. The molecular weight excluding hydrogens is 164 g/mol. The molecule has 0 radical (unpaired) electrons. The number of nitrogens with one attached hydrogen (secondary N) is 2. The summed E-state index contributed by atoms with van der Waals surface area (Å²) in [6, 6.07) is 0. The Labute approximate surface area is 82.2 Å². The van der Waals surface area contributed by atoms with Crippen molar-refractivity contribution in [2.24, 2.45) is 5.92 Å². The summed E-state index contributed by atoms with van der Waals surface area (Å²) in [6.45, 7) is 6.41. The number of hydrogen-bond donors (Lipinski definition) is 2. The van der Waals surface area contributed by atoms with E-state index in [2.05, 4.69) is 17.6 Å². The fourth-order valence-corrected chi connectivity index (χ4v) is 1.23. The number of ether oxygens (including phenoxy) is 1. The van der Waals surface area contributed by atoms with E-state index in [0.29, 0.717) is 5.92 Å². The van der Waals surface area contributed by atoms with Gasteiger partial charge >= 0.3 is 0 Å². The number of methoxy groups -OCH3 is 1. The number of rotatable bonds is 9. The van der Waals surface area contributed by atoms with Crippen LogP contribution in [0.15, 0.2) is 0 Å². The van der Waals surface area contributed by atoms with E-state index in [9.17, 15) is 0 Å². The van der Waals surface area contributed by atoms with Gasteiger partial charge in [0.15, 0.2) is 0 Å². The summed E-state index contributed by atoms with van der Waals surface area (Å²) in [5, 5.41) is 6.54. The summed E-state index contributed by atoms with van der Waals surface area (Å²) in [4.78, 5) is 0. The summed E-state index contributed by atoms with van der Waals surface area (Å²) in [5.74, 6) is 0.668. The lowest BCUT2D eigenvalue weighted by molar-refractivity contribution is 0.155. The van der Waals surface area contributed by atoms with Crippen LogP contribution >= 0.6 is 0 Å². The first kappa shape index (κ1) is 12.9. The molecule has 0 aliphatic carbocycles. The molecule has 0 fully saturated rings. The van der Waals surface area contributed by atoms with Crippen molar-refractivity contribution < 1.29 is 4.74 Å². The zero-order valence-electron chi connectivity index (χ0n) is 9.23. The van der Waals surface area contributed by atoms with Crippen molar-refractivity contribution in [1.29, 1.82) is 0 Å². The van der Waals surface area contributed by atoms with Crippen LogP contribution in [0.3, 0.4) is 0 Å². The molecule has 0 aromatic carbocycles. The van der Waals surface area contributed by atoms with Crippen molar-refractivity contribution in [2.45, 2.75) is 19.8 Å². The molecule has 1 unspecified atom stereocenters. The van der Waals surface area contributed by atoms with Crippen LogP contribution in [0.25, 0.3) is 0 Å². The highest BCUT2D eigenvalue weighted by Crippen LogP contribution is 1.99. The fourth-order valence-electron chi connectivity index (χ4n) is 1.23. The molecule has 0 saturated heterocycles. The Morgan fingerprint density at radius 1 is 1.23 bits per heavy atom. The Hall–Kier alpha value is -0.120. The Bertz CT molecular complexity index is 98.9. The monoisotopic (exact) mass is 188 g/mol. The van der Waals surface area contributed by atoms with Crippen LogP contribution in [-0.2, 0) is 4.74 Å². The van der Waals surface area contributed by atoms with Crippen LogP contribution in [0.2, 0.25) is 0 Å². The lowest BCUT2D eigenvalue weighted by Crippen LogP contribution is -2.22. The Balaban J connectivity index is 2.97. The van der Waals surface area contributed by atoms with Crippen molar-refractivity contribution >= 4 is 0 Å². The van der Waals surface area contributed by atoms with Gasteiger partial charge in [-0.1, -0.05) is 6.92 Å². The highest BCUT2D eigenvalue weighted by Gasteiger charge is 1.99. The summed E-state index contributed by atoms with van der Waals surface area (Å²) in [7, 11) is 3.75. The molecule has 1 atom stereocenters. The Morgan fingerprint density at radius 3 is 2.62 bits per heavy atom. The smallest absolute Gasteiger partial charge is 0.0488 e. The topological polar surface area (TPSA) is 33.3 Å². The van der Waals surface area contributed by atoms with Gasteiger partial charge < -0.3 is 15.4 Å². The van der Waals surface area contributed by atoms with Gasteiger partial charge in [0.25, 0.3) is 0 Å². The second kappa shape index (κ2) is 9.96. The normalized spacial score (nSPS) is 13.2. The Morgan fingerprint density at radius 2 is 2.00 bits per heavy atom. The molecule has 0 aromatic rings. The lowest BCUT2D eigenvalue weighted by Gasteiger charge is -2.10. The summed E-state index contributed by atoms with van der Waals surface area (Å²) in [5.41, 5.74) is 0. The summed E-state index contributed by atoms with van der Waals surface area (Å²) >= 11 is 0. The van der Waals surface area contributed by atoms with Gasteiger partial charge in [-0.15, -0.1) is 0 Å². The molecule has 0 amide bonds. The molecule has 0 aromatic heterocycles. The Kier molecular flexibility index (Phi) is 9.87. The van der Waals surface area contributed by atoms with E-state index in [1.807, 2.05) is 7.05 Å². The predicted octanol–water partition coefficient (Wildman–Crippen LogP) is 0.858. The first-order valence-corrected chi connectivity index (χ1v) is 5.15. The van der Waals surface area contributed by atoms with Gasteiger partial charge in [-0.25, -0.2) is 0 Å². The molecule has 0 bridgehead atoms. The van der Waals surface area contributed by atoms with E-state index >= 15 is 0 Å². The van der Waals surface area contributed by atoms with Gasteiger partial charge in [0, 0.05) is 13.7 Å². The third-order valence-electron chi connectivity index (χ3n) is 2.05. The minimum absolute atomic E-state index is 0.668. The first-order valence-electron chi connectivity index (χ1n) is 5.15. The van der Waals surface area contributed by atoms with Gasteiger partial charge in [-0.3, -0.25) is 0 Å². The van der Waals surface area contributed by atoms with Crippen LogP contribution in [0.1, 0.15) is 19.8 Å².